The van der Waals surface area contributed by atoms with Gasteiger partial charge in [-0.15, -0.1) is 0 Å². The lowest BCUT2D eigenvalue weighted by atomic mass is 10.2. The van der Waals surface area contributed by atoms with E-state index in [1.54, 1.807) is 0 Å². The summed E-state index contributed by atoms with van der Waals surface area (Å²) in [6, 6.07) is 7.46. The molecule has 0 aliphatic carbocycles. The van der Waals surface area contributed by atoms with E-state index in [9.17, 15) is 4.79 Å². The van der Waals surface area contributed by atoms with Gasteiger partial charge >= 0.3 is 0 Å². The van der Waals surface area contributed by atoms with E-state index in [4.69, 9.17) is 0 Å². The Balaban J connectivity index is 2.21. The number of aromatic nitrogens is 2. The summed E-state index contributed by atoms with van der Waals surface area (Å²) in [5.41, 5.74) is 2.05. The largest absolute Gasteiger partial charge is 0.321 e. The van der Waals surface area contributed by atoms with Crippen molar-refractivity contribution in [3.8, 4) is 0 Å². The highest BCUT2D eigenvalue weighted by molar-refractivity contribution is 9.10. The maximum absolute atomic E-state index is 11.9. The van der Waals surface area contributed by atoms with Gasteiger partial charge in [0.2, 0.25) is 0 Å². The standard InChI is InChI=1S/C11H10BrN3O/c1-7-8(6-13-15-7)11(16)14-10-5-3-2-4-9(10)12/h2-6H,1H3,(H,13,15)(H,14,16). The summed E-state index contributed by atoms with van der Waals surface area (Å²) >= 11 is 3.37. The average molecular weight is 280 g/mol. The molecule has 0 saturated heterocycles. The molecule has 0 spiro atoms. The second-order valence-corrected chi connectivity index (χ2v) is 4.20. The maximum atomic E-state index is 11.9. The molecule has 5 heteroatoms. The number of nitrogens with zero attached hydrogens (tertiary/aromatic N) is 1. The minimum Gasteiger partial charge on any atom is -0.321 e. The fourth-order valence-electron chi connectivity index (χ4n) is 1.33. The van der Waals surface area contributed by atoms with Gasteiger partial charge in [0.25, 0.3) is 5.91 Å². The zero-order chi connectivity index (χ0) is 11.5. The first-order valence-electron chi connectivity index (χ1n) is 4.74. The Morgan fingerprint density at radius 1 is 1.44 bits per heavy atom. The SMILES string of the molecule is Cc1[nH]ncc1C(=O)Nc1ccccc1Br. The average Bonchev–Trinajstić information content (AvgIpc) is 2.68. The van der Waals surface area contributed by atoms with Crippen LogP contribution < -0.4 is 5.32 Å². The predicted molar refractivity (Wildman–Crippen MR) is 65.4 cm³/mol. The zero-order valence-corrected chi connectivity index (χ0v) is 10.2. The van der Waals surface area contributed by atoms with Crippen LogP contribution in [0.5, 0.6) is 0 Å². The Bertz CT molecular complexity index is 521. The summed E-state index contributed by atoms with van der Waals surface area (Å²) in [5.74, 6) is -0.168. The number of H-pyrrole nitrogens is 1. The van der Waals surface area contributed by atoms with Crippen LogP contribution in [0.2, 0.25) is 0 Å². The highest BCUT2D eigenvalue weighted by atomic mass is 79.9. The lowest BCUT2D eigenvalue weighted by molar-refractivity contribution is 0.102. The molecule has 1 aromatic heterocycles. The summed E-state index contributed by atoms with van der Waals surface area (Å²) < 4.78 is 0.851. The topological polar surface area (TPSA) is 57.8 Å². The lowest BCUT2D eigenvalue weighted by Crippen LogP contribution is -2.12. The third-order valence-corrected chi connectivity index (χ3v) is 2.89. The summed E-state index contributed by atoms with van der Waals surface area (Å²) in [6.07, 6.45) is 1.52. The van der Waals surface area contributed by atoms with E-state index in [0.717, 1.165) is 15.9 Å². The van der Waals surface area contributed by atoms with Crippen LogP contribution in [0.1, 0.15) is 16.1 Å². The first-order chi connectivity index (χ1) is 7.68. The molecular formula is C11H10BrN3O. The number of hydrogen-bond acceptors (Lipinski definition) is 2. The first-order valence-corrected chi connectivity index (χ1v) is 5.53. The molecule has 1 amide bonds. The van der Waals surface area contributed by atoms with E-state index in [1.807, 2.05) is 31.2 Å². The van der Waals surface area contributed by atoms with Crippen LogP contribution in [0.15, 0.2) is 34.9 Å². The Hall–Kier alpha value is -1.62. The number of amides is 1. The minimum atomic E-state index is -0.168. The van der Waals surface area contributed by atoms with Crippen LogP contribution in [0.25, 0.3) is 0 Å². The van der Waals surface area contributed by atoms with Gasteiger partial charge in [-0.1, -0.05) is 12.1 Å². The molecule has 0 saturated carbocycles. The highest BCUT2D eigenvalue weighted by Crippen LogP contribution is 2.21. The molecule has 0 bridgehead atoms. The molecule has 0 aliphatic heterocycles. The highest BCUT2D eigenvalue weighted by Gasteiger charge is 2.11. The van der Waals surface area contributed by atoms with Crippen molar-refractivity contribution in [1.29, 1.82) is 0 Å². The third kappa shape index (κ3) is 2.14. The number of hydrogen-bond donors (Lipinski definition) is 2. The van der Waals surface area contributed by atoms with Gasteiger partial charge in [0.05, 0.1) is 17.4 Å². The number of nitrogens with one attached hydrogen (secondary N) is 2. The molecule has 0 unspecified atom stereocenters. The molecule has 1 heterocycles. The van der Waals surface area contributed by atoms with Crippen LogP contribution in [0.4, 0.5) is 5.69 Å². The molecule has 0 fully saturated rings. The monoisotopic (exact) mass is 279 g/mol. The van der Waals surface area contributed by atoms with Gasteiger partial charge in [-0.05, 0) is 35.0 Å². The van der Waals surface area contributed by atoms with Gasteiger partial charge in [-0.2, -0.15) is 5.10 Å². The summed E-state index contributed by atoms with van der Waals surface area (Å²) in [5, 5.41) is 9.34. The van der Waals surface area contributed by atoms with Gasteiger partial charge in [0.15, 0.2) is 0 Å². The Labute approximate surface area is 101 Å². The molecule has 0 radical (unpaired) electrons. The number of benzene rings is 1. The Morgan fingerprint density at radius 2 is 2.19 bits per heavy atom. The Kier molecular flexibility index (Phi) is 3.05. The van der Waals surface area contributed by atoms with Crippen molar-refractivity contribution in [2.75, 3.05) is 5.32 Å². The second-order valence-electron chi connectivity index (χ2n) is 3.34. The molecule has 4 nitrogen and oxygen atoms in total. The molecule has 0 aliphatic rings. The number of para-hydroxylation sites is 1. The zero-order valence-electron chi connectivity index (χ0n) is 8.62. The maximum Gasteiger partial charge on any atom is 0.259 e. The summed E-state index contributed by atoms with van der Waals surface area (Å²) in [6.45, 7) is 1.81. The molecular weight excluding hydrogens is 270 g/mol. The van der Waals surface area contributed by atoms with Crippen molar-refractivity contribution in [1.82, 2.24) is 10.2 Å². The van der Waals surface area contributed by atoms with Crippen molar-refractivity contribution < 1.29 is 4.79 Å². The van der Waals surface area contributed by atoms with E-state index in [1.165, 1.54) is 6.20 Å². The fourth-order valence-corrected chi connectivity index (χ4v) is 1.72. The molecule has 82 valence electrons. The molecule has 16 heavy (non-hydrogen) atoms. The molecule has 1 aromatic carbocycles. The second kappa shape index (κ2) is 4.49. The van der Waals surface area contributed by atoms with Crippen LogP contribution in [0.3, 0.4) is 0 Å². The molecule has 2 aromatic rings. The number of carbonyl (C=O) groups excluding carboxylic acids is 1. The van der Waals surface area contributed by atoms with Crippen molar-refractivity contribution in [3.63, 3.8) is 0 Å². The summed E-state index contributed by atoms with van der Waals surface area (Å²) in [4.78, 5) is 11.9. The van der Waals surface area contributed by atoms with Crippen LogP contribution in [0, 0.1) is 6.92 Å². The van der Waals surface area contributed by atoms with Gasteiger partial charge in [-0.3, -0.25) is 9.89 Å². The van der Waals surface area contributed by atoms with Gasteiger partial charge in [0.1, 0.15) is 0 Å². The quantitative estimate of drug-likeness (QED) is 0.888. The number of rotatable bonds is 2. The van der Waals surface area contributed by atoms with E-state index >= 15 is 0 Å². The number of aryl methyl sites for hydroxylation is 1. The van der Waals surface area contributed by atoms with Crippen molar-refractivity contribution in [2.24, 2.45) is 0 Å². The first kappa shape index (κ1) is 10.9. The minimum absolute atomic E-state index is 0.168. The van der Waals surface area contributed by atoms with E-state index in [2.05, 4.69) is 31.4 Å². The number of aromatic amines is 1. The van der Waals surface area contributed by atoms with Crippen molar-refractivity contribution >= 4 is 27.5 Å². The number of halogens is 1. The van der Waals surface area contributed by atoms with Crippen molar-refractivity contribution in [3.05, 3.63) is 46.2 Å². The van der Waals surface area contributed by atoms with E-state index < -0.39 is 0 Å². The predicted octanol–water partition coefficient (Wildman–Crippen LogP) is 2.73. The van der Waals surface area contributed by atoms with Crippen LogP contribution >= 0.6 is 15.9 Å². The van der Waals surface area contributed by atoms with E-state index in [-0.39, 0.29) is 5.91 Å². The molecule has 0 atom stereocenters. The van der Waals surface area contributed by atoms with E-state index in [0.29, 0.717) is 5.56 Å². The number of anilines is 1. The molecule has 2 N–H and O–H groups in total. The normalized spacial score (nSPS) is 10.1. The van der Waals surface area contributed by atoms with Gasteiger partial charge in [0, 0.05) is 10.2 Å². The van der Waals surface area contributed by atoms with Crippen LogP contribution in [-0.2, 0) is 0 Å². The number of carbonyl (C=O) groups is 1. The molecule has 2 rings (SSSR count). The summed E-state index contributed by atoms with van der Waals surface area (Å²) in [7, 11) is 0. The van der Waals surface area contributed by atoms with Crippen LogP contribution in [-0.4, -0.2) is 16.1 Å². The lowest BCUT2D eigenvalue weighted by Gasteiger charge is -2.05. The van der Waals surface area contributed by atoms with Gasteiger partial charge in [-0.25, -0.2) is 0 Å². The fraction of sp³-hybridized carbons (Fsp3) is 0.0909. The Morgan fingerprint density at radius 3 is 2.81 bits per heavy atom. The van der Waals surface area contributed by atoms with Crippen molar-refractivity contribution in [2.45, 2.75) is 6.92 Å². The van der Waals surface area contributed by atoms with Gasteiger partial charge < -0.3 is 5.32 Å². The third-order valence-electron chi connectivity index (χ3n) is 2.20. The smallest absolute Gasteiger partial charge is 0.259 e.